The molecule has 1 aliphatic heterocycles. The van der Waals surface area contributed by atoms with E-state index in [0.717, 1.165) is 52.4 Å². The van der Waals surface area contributed by atoms with Crippen molar-refractivity contribution in [3.8, 4) is 0 Å². The van der Waals surface area contributed by atoms with Crippen molar-refractivity contribution in [3.05, 3.63) is 35.4 Å². The zero-order valence-corrected chi connectivity index (χ0v) is 14.2. The molecular formula is C18H28N2O3. The highest BCUT2D eigenvalue weighted by atomic mass is 16.5. The Hall–Kier alpha value is -1.43. The molecule has 1 aromatic rings. The summed E-state index contributed by atoms with van der Waals surface area (Å²) in [4.78, 5) is 15.9. The van der Waals surface area contributed by atoms with Crippen LogP contribution >= 0.6 is 0 Å². The van der Waals surface area contributed by atoms with E-state index in [0.29, 0.717) is 11.6 Å². The molecule has 5 nitrogen and oxygen atoms in total. The first-order valence-corrected chi connectivity index (χ1v) is 8.50. The summed E-state index contributed by atoms with van der Waals surface area (Å²) in [6, 6.07) is 7.79. The predicted octanol–water partition coefficient (Wildman–Crippen LogP) is 2.32. The number of carbonyl (C=O) groups is 1. The molecule has 1 N–H and O–H groups in total. The fourth-order valence-electron chi connectivity index (χ4n) is 3.12. The summed E-state index contributed by atoms with van der Waals surface area (Å²) < 4.78 is 5.48. The van der Waals surface area contributed by atoms with E-state index < -0.39 is 5.97 Å². The van der Waals surface area contributed by atoms with Gasteiger partial charge in [0.1, 0.15) is 0 Å². The summed E-state index contributed by atoms with van der Waals surface area (Å²) in [6.07, 6.45) is 1.14. The molecule has 5 heteroatoms. The van der Waals surface area contributed by atoms with Crippen LogP contribution in [-0.2, 0) is 11.3 Å². The Morgan fingerprint density at radius 1 is 1.26 bits per heavy atom. The summed E-state index contributed by atoms with van der Waals surface area (Å²) in [5.41, 5.74) is 1.52. The van der Waals surface area contributed by atoms with E-state index in [2.05, 4.69) is 16.7 Å². The van der Waals surface area contributed by atoms with Gasteiger partial charge in [0, 0.05) is 45.4 Å². The normalized spacial score (nSPS) is 19.8. The molecule has 0 aliphatic carbocycles. The van der Waals surface area contributed by atoms with Gasteiger partial charge in [-0.25, -0.2) is 4.79 Å². The van der Waals surface area contributed by atoms with E-state index in [9.17, 15) is 4.79 Å². The Morgan fingerprint density at radius 2 is 2.00 bits per heavy atom. The zero-order valence-electron chi connectivity index (χ0n) is 14.2. The Bertz CT molecular complexity index is 490. The summed E-state index contributed by atoms with van der Waals surface area (Å²) >= 11 is 0. The second-order valence-corrected chi connectivity index (χ2v) is 6.03. The number of nitrogens with zero attached hydrogens (tertiary/aromatic N) is 2. The number of carboxylic acids is 1. The molecule has 128 valence electrons. The predicted molar refractivity (Wildman–Crippen MR) is 90.8 cm³/mol. The lowest BCUT2D eigenvalue weighted by Crippen LogP contribution is -2.53. The first kappa shape index (κ1) is 17.9. The number of hydrogen-bond donors (Lipinski definition) is 1. The molecule has 23 heavy (non-hydrogen) atoms. The lowest BCUT2D eigenvalue weighted by atomic mass is 10.1. The highest BCUT2D eigenvalue weighted by molar-refractivity contribution is 5.87. The van der Waals surface area contributed by atoms with Crippen LogP contribution in [0.25, 0.3) is 0 Å². The lowest BCUT2D eigenvalue weighted by Gasteiger charge is -2.41. The molecule has 0 aromatic heterocycles. The number of rotatable bonds is 8. The standard InChI is InChI=1S/C18H28N2O3/c1-3-17-14-19(9-10-20(17)11-12-23-4-2)13-15-5-7-16(8-6-15)18(21)22/h5-8,17H,3-4,9-14H2,1-2H3,(H,21,22). The van der Waals surface area contributed by atoms with Crippen LogP contribution in [0.1, 0.15) is 36.2 Å². The highest BCUT2D eigenvalue weighted by Crippen LogP contribution is 2.16. The summed E-state index contributed by atoms with van der Waals surface area (Å²) in [7, 11) is 0. The Labute approximate surface area is 138 Å². The Kier molecular flexibility index (Phi) is 7.02. The monoisotopic (exact) mass is 320 g/mol. The number of aromatic carboxylic acids is 1. The van der Waals surface area contributed by atoms with Crippen molar-refractivity contribution in [3.63, 3.8) is 0 Å². The van der Waals surface area contributed by atoms with E-state index in [-0.39, 0.29) is 0 Å². The number of hydrogen-bond acceptors (Lipinski definition) is 4. The van der Waals surface area contributed by atoms with Crippen LogP contribution in [0.15, 0.2) is 24.3 Å². The van der Waals surface area contributed by atoms with E-state index in [1.165, 1.54) is 5.56 Å². The fraction of sp³-hybridized carbons (Fsp3) is 0.611. The molecule has 0 bridgehead atoms. The molecule has 0 spiro atoms. The van der Waals surface area contributed by atoms with Crippen molar-refractivity contribution in [2.24, 2.45) is 0 Å². The van der Waals surface area contributed by atoms with Crippen LogP contribution in [0, 0.1) is 0 Å². The second-order valence-electron chi connectivity index (χ2n) is 6.03. The van der Waals surface area contributed by atoms with Crippen molar-refractivity contribution in [1.29, 1.82) is 0 Å². The van der Waals surface area contributed by atoms with Gasteiger partial charge in [-0.1, -0.05) is 19.1 Å². The van der Waals surface area contributed by atoms with Gasteiger partial charge in [-0.05, 0) is 31.0 Å². The second kappa shape index (κ2) is 9.01. The molecule has 1 heterocycles. The number of carboxylic acid groups (broad SMARTS) is 1. The van der Waals surface area contributed by atoms with Gasteiger partial charge in [0.15, 0.2) is 0 Å². The first-order valence-electron chi connectivity index (χ1n) is 8.50. The maximum Gasteiger partial charge on any atom is 0.335 e. The number of benzene rings is 1. The Balaban J connectivity index is 1.86. The van der Waals surface area contributed by atoms with Crippen LogP contribution in [0.5, 0.6) is 0 Å². The molecule has 1 aromatic carbocycles. The molecule has 1 unspecified atom stereocenters. The van der Waals surface area contributed by atoms with Gasteiger partial charge < -0.3 is 9.84 Å². The van der Waals surface area contributed by atoms with Crippen LogP contribution in [0.4, 0.5) is 0 Å². The van der Waals surface area contributed by atoms with Crippen molar-refractivity contribution >= 4 is 5.97 Å². The van der Waals surface area contributed by atoms with E-state index in [1.54, 1.807) is 12.1 Å². The topological polar surface area (TPSA) is 53.0 Å². The molecule has 0 radical (unpaired) electrons. The molecule has 1 atom stereocenters. The lowest BCUT2D eigenvalue weighted by molar-refractivity contribution is 0.0385. The van der Waals surface area contributed by atoms with Gasteiger partial charge in [0.25, 0.3) is 0 Å². The first-order chi connectivity index (χ1) is 11.1. The van der Waals surface area contributed by atoms with Crippen molar-refractivity contribution in [1.82, 2.24) is 9.80 Å². The minimum Gasteiger partial charge on any atom is -0.478 e. The van der Waals surface area contributed by atoms with Gasteiger partial charge in [-0.2, -0.15) is 0 Å². The molecular weight excluding hydrogens is 292 g/mol. The molecule has 1 saturated heterocycles. The summed E-state index contributed by atoms with van der Waals surface area (Å²) in [5.74, 6) is -0.870. The van der Waals surface area contributed by atoms with Crippen LogP contribution in [-0.4, -0.2) is 66.3 Å². The van der Waals surface area contributed by atoms with Crippen molar-refractivity contribution in [2.45, 2.75) is 32.9 Å². The molecule has 1 fully saturated rings. The summed E-state index contributed by atoms with van der Waals surface area (Å²) in [6.45, 7) is 10.9. The third kappa shape index (κ3) is 5.30. The van der Waals surface area contributed by atoms with Crippen LogP contribution in [0.3, 0.4) is 0 Å². The number of ether oxygens (including phenoxy) is 1. The van der Waals surface area contributed by atoms with Crippen molar-refractivity contribution in [2.75, 3.05) is 39.4 Å². The average Bonchev–Trinajstić information content (AvgIpc) is 2.56. The fourth-order valence-corrected chi connectivity index (χ4v) is 3.12. The zero-order chi connectivity index (χ0) is 16.7. The van der Waals surface area contributed by atoms with E-state index in [1.807, 2.05) is 19.1 Å². The van der Waals surface area contributed by atoms with E-state index >= 15 is 0 Å². The molecule has 1 aliphatic rings. The summed E-state index contributed by atoms with van der Waals surface area (Å²) in [5, 5.41) is 8.96. The smallest absolute Gasteiger partial charge is 0.335 e. The SMILES string of the molecule is CCOCCN1CCN(Cc2ccc(C(=O)O)cc2)CC1CC. The molecule has 0 saturated carbocycles. The average molecular weight is 320 g/mol. The van der Waals surface area contributed by atoms with Gasteiger partial charge in [0.2, 0.25) is 0 Å². The van der Waals surface area contributed by atoms with Gasteiger partial charge >= 0.3 is 5.97 Å². The van der Waals surface area contributed by atoms with Crippen LogP contribution in [0.2, 0.25) is 0 Å². The van der Waals surface area contributed by atoms with Crippen LogP contribution < -0.4 is 0 Å². The maximum atomic E-state index is 10.9. The van der Waals surface area contributed by atoms with Gasteiger partial charge in [-0.3, -0.25) is 9.80 Å². The van der Waals surface area contributed by atoms with Gasteiger partial charge in [0.05, 0.1) is 12.2 Å². The quantitative estimate of drug-likeness (QED) is 0.745. The number of piperazine rings is 1. The third-order valence-electron chi connectivity index (χ3n) is 4.49. The minimum atomic E-state index is -0.870. The molecule has 2 rings (SSSR count). The van der Waals surface area contributed by atoms with Crippen molar-refractivity contribution < 1.29 is 14.6 Å². The minimum absolute atomic E-state index is 0.348. The largest absolute Gasteiger partial charge is 0.478 e. The van der Waals surface area contributed by atoms with E-state index in [4.69, 9.17) is 9.84 Å². The third-order valence-corrected chi connectivity index (χ3v) is 4.49. The highest BCUT2D eigenvalue weighted by Gasteiger charge is 2.25. The maximum absolute atomic E-state index is 10.9. The Morgan fingerprint density at radius 3 is 2.61 bits per heavy atom. The van der Waals surface area contributed by atoms with Gasteiger partial charge in [-0.15, -0.1) is 0 Å². The molecule has 0 amide bonds.